The second-order valence-electron chi connectivity index (χ2n) is 5.03. The summed E-state index contributed by atoms with van der Waals surface area (Å²) in [6.07, 6.45) is 6.80. The molecule has 1 aromatic rings. The van der Waals surface area contributed by atoms with Crippen LogP contribution in [-0.4, -0.2) is 16.2 Å². The summed E-state index contributed by atoms with van der Waals surface area (Å²) in [4.78, 5) is 0. The van der Waals surface area contributed by atoms with Gasteiger partial charge in [0.15, 0.2) is 5.82 Å². The van der Waals surface area contributed by atoms with E-state index < -0.39 is 0 Å². The number of hydrogen-bond donors (Lipinski definition) is 2. The first-order valence-corrected chi connectivity index (χ1v) is 5.76. The summed E-state index contributed by atoms with van der Waals surface area (Å²) < 4.78 is 0. The fourth-order valence-electron chi connectivity index (χ4n) is 3.13. The quantitative estimate of drug-likeness (QED) is 0.749. The normalized spacial score (nSPS) is 33.4. The van der Waals surface area contributed by atoms with Crippen LogP contribution in [0.25, 0.3) is 0 Å². The number of H-pyrrole nitrogens is 1. The molecule has 2 unspecified atom stereocenters. The van der Waals surface area contributed by atoms with Crippen LogP contribution in [0.2, 0.25) is 0 Å². The predicted octanol–water partition coefficient (Wildman–Crippen LogP) is 2.35. The minimum Gasteiger partial charge on any atom is -0.366 e. The highest BCUT2D eigenvalue weighted by Crippen LogP contribution is 2.54. The van der Waals surface area contributed by atoms with Gasteiger partial charge in [0.1, 0.15) is 0 Å². The molecule has 0 saturated heterocycles. The van der Waals surface area contributed by atoms with E-state index in [-0.39, 0.29) is 0 Å². The molecular formula is C11H15N3. The minimum absolute atomic E-state index is 0.724. The Hall–Kier alpha value is -0.990. The van der Waals surface area contributed by atoms with Gasteiger partial charge in [-0.2, -0.15) is 5.10 Å². The lowest BCUT2D eigenvalue weighted by molar-refractivity contribution is 0.700. The zero-order valence-electron chi connectivity index (χ0n) is 8.21. The van der Waals surface area contributed by atoms with E-state index in [9.17, 15) is 0 Å². The Kier molecular flexibility index (Phi) is 1.22. The van der Waals surface area contributed by atoms with Gasteiger partial charge in [-0.05, 0) is 38.0 Å². The van der Waals surface area contributed by atoms with Crippen molar-refractivity contribution in [1.82, 2.24) is 10.2 Å². The fourth-order valence-corrected chi connectivity index (χ4v) is 3.13. The van der Waals surface area contributed by atoms with Gasteiger partial charge in [0.2, 0.25) is 0 Å². The van der Waals surface area contributed by atoms with E-state index >= 15 is 0 Å². The average molecular weight is 189 g/mol. The summed E-state index contributed by atoms with van der Waals surface area (Å²) in [7, 11) is 0. The largest absolute Gasteiger partial charge is 0.366 e. The van der Waals surface area contributed by atoms with Gasteiger partial charge in [-0.15, -0.1) is 0 Å². The topological polar surface area (TPSA) is 40.7 Å². The average Bonchev–Trinajstić information content (AvgIpc) is 2.66. The Morgan fingerprint density at radius 1 is 1.14 bits per heavy atom. The molecule has 4 rings (SSSR count). The van der Waals surface area contributed by atoms with Gasteiger partial charge < -0.3 is 5.32 Å². The maximum atomic E-state index is 4.42. The second-order valence-corrected chi connectivity index (χ2v) is 5.03. The Bertz CT molecular complexity index is 378. The van der Waals surface area contributed by atoms with Crippen molar-refractivity contribution < 1.29 is 0 Å². The smallest absolute Gasteiger partial charge is 0.151 e. The molecular weight excluding hydrogens is 174 g/mol. The molecule has 0 aliphatic heterocycles. The molecule has 2 saturated carbocycles. The highest BCUT2D eigenvalue weighted by atomic mass is 15.2. The van der Waals surface area contributed by atoms with Crippen LogP contribution >= 0.6 is 0 Å². The monoisotopic (exact) mass is 189 g/mol. The molecule has 3 aliphatic carbocycles. The molecule has 2 fully saturated rings. The van der Waals surface area contributed by atoms with Gasteiger partial charge >= 0.3 is 0 Å². The lowest BCUT2D eigenvalue weighted by Crippen LogP contribution is -2.05. The summed E-state index contributed by atoms with van der Waals surface area (Å²) in [6.45, 7) is 0. The van der Waals surface area contributed by atoms with Gasteiger partial charge in [0, 0.05) is 23.2 Å². The maximum Gasteiger partial charge on any atom is 0.151 e. The van der Waals surface area contributed by atoms with E-state index in [1.54, 1.807) is 0 Å². The van der Waals surface area contributed by atoms with E-state index in [4.69, 9.17) is 0 Å². The van der Waals surface area contributed by atoms with Gasteiger partial charge in [0.25, 0.3) is 0 Å². The van der Waals surface area contributed by atoms with Crippen molar-refractivity contribution in [2.45, 2.75) is 50.0 Å². The number of aromatic amines is 1. The predicted molar refractivity (Wildman–Crippen MR) is 54.6 cm³/mol. The van der Waals surface area contributed by atoms with Gasteiger partial charge in [-0.3, -0.25) is 5.10 Å². The Labute approximate surface area is 83.3 Å². The fraction of sp³-hybridized carbons (Fsp3) is 0.727. The Morgan fingerprint density at radius 3 is 2.86 bits per heavy atom. The van der Waals surface area contributed by atoms with Crippen LogP contribution in [0.3, 0.4) is 0 Å². The van der Waals surface area contributed by atoms with Crippen molar-refractivity contribution in [1.29, 1.82) is 0 Å². The van der Waals surface area contributed by atoms with E-state index in [1.165, 1.54) is 49.2 Å². The first-order chi connectivity index (χ1) is 6.92. The van der Waals surface area contributed by atoms with Crippen LogP contribution in [0.15, 0.2) is 0 Å². The van der Waals surface area contributed by atoms with Crippen LogP contribution in [0.4, 0.5) is 5.82 Å². The maximum absolute atomic E-state index is 4.42. The molecule has 2 bridgehead atoms. The lowest BCUT2D eigenvalue weighted by atomic mass is 9.97. The zero-order chi connectivity index (χ0) is 9.12. The number of aromatic nitrogens is 2. The highest BCUT2D eigenvalue weighted by Gasteiger charge is 2.41. The summed E-state index contributed by atoms with van der Waals surface area (Å²) in [5.74, 6) is 2.79. The Balaban J connectivity index is 1.75. The molecule has 0 aromatic carbocycles. The van der Waals surface area contributed by atoms with Crippen molar-refractivity contribution in [2.24, 2.45) is 0 Å². The van der Waals surface area contributed by atoms with Gasteiger partial charge in [-0.1, -0.05) is 0 Å². The first kappa shape index (κ1) is 7.32. The lowest BCUT2D eigenvalue weighted by Gasteiger charge is -2.11. The molecule has 14 heavy (non-hydrogen) atoms. The first-order valence-electron chi connectivity index (χ1n) is 5.76. The molecule has 0 amide bonds. The molecule has 2 atom stereocenters. The number of nitrogens with zero attached hydrogens (tertiary/aromatic N) is 1. The van der Waals surface area contributed by atoms with Crippen LogP contribution in [0.5, 0.6) is 0 Å². The molecule has 3 aliphatic rings. The molecule has 1 heterocycles. The number of nitrogens with one attached hydrogen (secondary N) is 2. The van der Waals surface area contributed by atoms with Crippen LogP contribution in [-0.2, 0) is 0 Å². The highest BCUT2D eigenvalue weighted by molar-refractivity contribution is 5.55. The molecule has 2 N–H and O–H groups in total. The van der Waals surface area contributed by atoms with Crippen molar-refractivity contribution in [2.75, 3.05) is 5.32 Å². The molecule has 0 radical (unpaired) electrons. The summed E-state index contributed by atoms with van der Waals surface area (Å²) >= 11 is 0. The van der Waals surface area contributed by atoms with Crippen LogP contribution < -0.4 is 5.32 Å². The second kappa shape index (κ2) is 2.33. The van der Waals surface area contributed by atoms with Crippen molar-refractivity contribution in [3.8, 4) is 0 Å². The number of anilines is 1. The van der Waals surface area contributed by atoms with Gasteiger partial charge in [0.05, 0.1) is 0 Å². The summed E-state index contributed by atoms with van der Waals surface area (Å²) in [5.41, 5.74) is 2.98. The number of fused-ring (bicyclic) bond motifs is 5. The number of hydrogen-bond acceptors (Lipinski definition) is 2. The third kappa shape index (κ3) is 0.851. The van der Waals surface area contributed by atoms with Crippen molar-refractivity contribution >= 4 is 5.82 Å². The Morgan fingerprint density at radius 2 is 2.00 bits per heavy atom. The molecule has 3 nitrogen and oxygen atoms in total. The van der Waals surface area contributed by atoms with E-state index in [0.29, 0.717) is 0 Å². The van der Waals surface area contributed by atoms with Gasteiger partial charge in [-0.25, -0.2) is 0 Å². The van der Waals surface area contributed by atoms with Crippen LogP contribution in [0.1, 0.15) is 55.2 Å². The zero-order valence-corrected chi connectivity index (χ0v) is 8.21. The summed E-state index contributed by atoms with van der Waals surface area (Å²) in [6, 6.07) is 0.724. The SMILES string of the molecule is C1CC1Nc1n[nH]c2c1C1CCC2C1. The van der Waals surface area contributed by atoms with Crippen molar-refractivity contribution in [3.05, 3.63) is 11.3 Å². The third-order valence-electron chi connectivity index (χ3n) is 4.00. The standard InChI is InChI=1S/C11H15N3/c1-2-7-5-6(1)9-10(7)13-14-11(9)12-8-3-4-8/h6-8H,1-5H2,(H2,12,13,14). The summed E-state index contributed by atoms with van der Waals surface area (Å²) in [5, 5.41) is 11.2. The molecule has 1 aromatic heterocycles. The van der Waals surface area contributed by atoms with E-state index in [0.717, 1.165) is 17.9 Å². The van der Waals surface area contributed by atoms with E-state index in [2.05, 4.69) is 15.5 Å². The van der Waals surface area contributed by atoms with Crippen molar-refractivity contribution in [3.63, 3.8) is 0 Å². The molecule has 74 valence electrons. The third-order valence-corrected chi connectivity index (χ3v) is 4.00. The molecule has 3 heteroatoms. The minimum atomic E-state index is 0.724. The van der Waals surface area contributed by atoms with Crippen LogP contribution in [0, 0.1) is 0 Å². The van der Waals surface area contributed by atoms with E-state index in [1.807, 2.05) is 0 Å². The number of rotatable bonds is 2. The molecule has 0 spiro atoms.